The lowest BCUT2D eigenvalue weighted by molar-refractivity contribution is 0.409. The predicted octanol–water partition coefficient (Wildman–Crippen LogP) is 1.33. The first-order valence-corrected chi connectivity index (χ1v) is 7.35. The number of anilines is 1. The molecule has 0 spiro atoms. The Balaban J connectivity index is 1.48. The van der Waals surface area contributed by atoms with Gasteiger partial charge in [-0.25, -0.2) is 19.9 Å². The molecule has 0 bridgehead atoms. The molecule has 2 aromatic heterocycles. The van der Waals surface area contributed by atoms with Gasteiger partial charge in [-0.1, -0.05) is 0 Å². The highest BCUT2D eigenvalue weighted by Gasteiger charge is 2.20. The molecular formula is C15H20N6. The lowest BCUT2D eigenvalue weighted by Crippen LogP contribution is -2.43. The smallest absolute Gasteiger partial charge is 0.225 e. The SMILES string of the molecule is Cc1nccc(CNC2CCN(c3ncccn3)CC2)n1. The molecule has 21 heavy (non-hydrogen) atoms. The monoisotopic (exact) mass is 284 g/mol. The molecule has 1 N–H and O–H groups in total. The van der Waals surface area contributed by atoms with E-state index >= 15 is 0 Å². The maximum atomic E-state index is 4.42. The lowest BCUT2D eigenvalue weighted by Gasteiger charge is -2.32. The molecule has 6 heteroatoms. The molecule has 0 amide bonds. The molecular weight excluding hydrogens is 264 g/mol. The van der Waals surface area contributed by atoms with Crippen molar-refractivity contribution < 1.29 is 0 Å². The van der Waals surface area contributed by atoms with Crippen molar-refractivity contribution in [3.8, 4) is 0 Å². The Morgan fingerprint density at radius 2 is 1.90 bits per heavy atom. The van der Waals surface area contributed by atoms with Gasteiger partial charge in [0.05, 0.1) is 5.69 Å². The third kappa shape index (κ3) is 3.72. The fourth-order valence-electron chi connectivity index (χ4n) is 2.59. The van der Waals surface area contributed by atoms with Crippen LogP contribution >= 0.6 is 0 Å². The second-order valence-corrected chi connectivity index (χ2v) is 5.29. The molecule has 2 aromatic rings. The Morgan fingerprint density at radius 3 is 2.62 bits per heavy atom. The third-order valence-corrected chi connectivity index (χ3v) is 3.74. The molecule has 1 aliphatic heterocycles. The molecule has 0 unspecified atom stereocenters. The van der Waals surface area contributed by atoms with Crippen molar-refractivity contribution in [2.45, 2.75) is 32.4 Å². The normalized spacial score (nSPS) is 16.1. The summed E-state index contributed by atoms with van der Waals surface area (Å²) in [4.78, 5) is 19.4. The number of aryl methyl sites for hydroxylation is 1. The van der Waals surface area contributed by atoms with Gasteiger partial charge >= 0.3 is 0 Å². The first-order valence-electron chi connectivity index (χ1n) is 7.35. The number of hydrogen-bond donors (Lipinski definition) is 1. The van der Waals surface area contributed by atoms with Gasteiger partial charge in [0.1, 0.15) is 5.82 Å². The standard InChI is InChI=1S/C15H20N6/c1-12-16-8-3-14(20-12)11-19-13-4-9-21(10-5-13)15-17-6-2-7-18-15/h2-3,6-8,13,19H,4-5,9-11H2,1H3. The van der Waals surface area contributed by atoms with Gasteiger partial charge in [-0.2, -0.15) is 0 Å². The van der Waals surface area contributed by atoms with Crippen LogP contribution in [0.3, 0.4) is 0 Å². The van der Waals surface area contributed by atoms with Crippen LogP contribution < -0.4 is 10.2 Å². The molecule has 0 aromatic carbocycles. The average molecular weight is 284 g/mol. The fourth-order valence-corrected chi connectivity index (χ4v) is 2.59. The Hall–Kier alpha value is -2.08. The minimum atomic E-state index is 0.528. The van der Waals surface area contributed by atoms with Crippen LogP contribution in [0, 0.1) is 6.92 Å². The van der Waals surface area contributed by atoms with Crippen LogP contribution in [0.2, 0.25) is 0 Å². The van der Waals surface area contributed by atoms with Gasteiger partial charge in [0.15, 0.2) is 0 Å². The number of nitrogens with one attached hydrogen (secondary N) is 1. The van der Waals surface area contributed by atoms with Crippen molar-refractivity contribution >= 4 is 5.95 Å². The van der Waals surface area contributed by atoms with Gasteiger partial charge in [-0.05, 0) is 31.9 Å². The van der Waals surface area contributed by atoms with Crippen LogP contribution in [0.5, 0.6) is 0 Å². The van der Waals surface area contributed by atoms with Crippen LogP contribution in [-0.2, 0) is 6.54 Å². The number of aromatic nitrogens is 4. The van der Waals surface area contributed by atoms with E-state index in [-0.39, 0.29) is 0 Å². The second kappa shape index (κ2) is 6.58. The zero-order valence-corrected chi connectivity index (χ0v) is 12.2. The third-order valence-electron chi connectivity index (χ3n) is 3.74. The number of piperidine rings is 1. The summed E-state index contributed by atoms with van der Waals surface area (Å²) in [6.07, 6.45) is 7.60. The van der Waals surface area contributed by atoms with Crippen LogP contribution in [0.4, 0.5) is 5.95 Å². The van der Waals surface area contributed by atoms with E-state index in [1.807, 2.05) is 25.3 Å². The lowest BCUT2D eigenvalue weighted by atomic mass is 10.1. The van der Waals surface area contributed by atoms with Gasteiger partial charge in [0.2, 0.25) is 5.95 Å². The minimum absolute atomic E-state index is 0.528. The topological polar surface area (TPSA) is 66.8 Å². The van der Waals surface area contributed by atoms with E-state index < -0.39 is 0 Å². The molecule has 0 saturated carbocycles. The van der Waals surface area contributed by atoms with Crippen molar-refractivity contribution in [1.82, 2.24) is 25.3 Å². The Labute approximate surface area is 124 Å². The summed E-state index contributed by atoms with van der Waals surface area (Å²) >= 11 is 0. The highest BCUT2D eigenvalue weighted by molar-refractivity contribution is 5.29. The highest BCUT2D eigenvalue weighted by Crippen LogP contribution is 2.15. The average Bonchev–Trinajstić information content (AvgIpc) is 2.54. The maximum absolute atomic E-state index is 4.42. The predicted molar refractivity (Wildman–Crippen MR) is 80.9 cm³/mol. The van der Waals surface area contributed by atoms with Crippen molar-refractivity contribution in [3.05, 3.63) is 42.2 Å². The van der Waals surface area contributed by atoms with Crippen molar-refractivity contribution in [2.75, 3.05) is 18.0 Å². The summed E-state index contributed by atoms with van der Waals surface area (Å²) < 4.78 is 0. The summed E-state index contributed by atoms with van der Waals surface area (Å²) in [5, 5.41) is 3.58. The second-order valence-electron chi connectivity index (χ2n) is 5.29. The Kier molecular flexibility index (Phi) is 4.35. The zero-order chi connectivity index (χ0) is 14.5. The molecule has 1 fully saturated rings. The van der Waals surface area contributed by atoms with Gasteiger partial charge in [-0.15, -0.1) is 0 Å². The molecule has 3 rings (SSSR count). The van der Waals surface area contributed by atoms with Crippen molar-refractivity contribution in [3.63, 3.8) is 0 Å². The van der Waals surface area contributed by atoms with E-state index in [0.29, 0.717) is 6.04 Å². The highest BCUT2D eigenvalue weighted by atomic mass is 15.3. The Morgan fingerprint density at radius 1 is 1.14 bits per heavy atom. The summed E-state index contributed by atoms with van der Waals surface area (Å²) in [5.41, 5.74) is 1.05. The van der Waals surface area contributed by atoms with Crippen LogP contribution in [0.15, 0.2) is 30.7 Å². The van der Waals surface area contributed by atoms with E-state index in [1.54, 1.807) is 12.4 Å². The Bertz CT molecular complexity index is 565. The molecule has 0 aliphatic carbocycles. The molecule has 1 aliphatic rings. The van der Waals surface area contributed by atoms with E-state index in [2.05, 4.69) is 30.2 Å². The number of nitrogens with zero attached hydrogens (tertiary/aromatic N) is 5. The summed E-state index contributed by atoms with van der Waals surface area (Å²) in [7, 11) is 0. The van der Waals surface area contributed by atoms with Crippen LogP contribution in [0.25, 0.3) is 0 Å². The summed E-state index contributed by atoms with van der Waals surface area (Å²) in [6, 6.07) is 4.34. The van der Waals surface area contributed by atoms with Crippen molar-refractivity contribution in [2.24, 2.45) is 0 Å². The van der Waals surface area contributed by atoms with Crippen molar-refractivity contribution in [1.29, 1.82) is 0 Å². The fraction of sp³-hybridized carbons (Fsp3) is 0.467. The molecule has 1 saturated heterocycles. The van der Waals surface area contributed by atoms with Crippen LogP contribution in [-0.4, -0.2) is 39.1 Å². The summed E-state index contributed by atoms with van der Waals surface area (Å²) in [6.45, 7) is 4.70. The van der Waals surface area contributed by atoms with E-state index in [0.717, 1.165) is 49.9 Å². The first-order chi connectivity index (χ1) is 10.3. The van der Waals surface area contributed by atoms with Gasteiger partial charge in [-0.3, -0.25) is 0 Å². The molecule has 3 heterocycles. The van der Waals surface area contributed by atoms with E-state index in [4.69, 9.17) is 0 Å². The van der Waals surface area contributed by atoms with Gasteiger partial charge in [0.25, 0.3) is 0 Å². The molecule has 110 valence electrons. The van der Waals surface area contributed by atoms with Gasteiger partial charge in [0, 0.05) is 44.3 Å². The minimum Gasteiger partial charge on any atom is -0.341 e. The molecule has 0 radical (unpaired) electrons. The van der Waals surface area contributed by atoms with Crippen LogP contribution in [0.1, 0.15) is 24.4 Å². The van der Waals surface area contributed by atoms with E-state index in [9.17, 15) is 0 Å². The number of rotatable bonds is 4. The largest absolute Gasteiger partial charge is 0.341 e. The molecule has 0 atom stereocenters. The number of hydrogen-bond acceptors (Lipinski definition) is 6. The summed E-state index contributed by atoms with van der Waals surface area (Å²) in [5.74, 6) is 1.66. The quantitative estimate of drug-likeness (QED) is 0.913. The first kappa shape index (κ1) is 13.9. The van der Waals surface area contributed by atoms with Gasteiger partial charge < -0.3 is 10.2 Å². The molecule has 6 nitrogen and oxygen atoms in total. The zero-order valence-electron chi connectivity index (χ0n) is 12.2. The van der Waals surface area contributed by atoms with E-state index in [1.165, 1.54) is 0 Å². The maximum Gasteiger partial charge on any atom is 0.225 e.